The highest BCUT2D eigenvalue weighted by Crippen LogP contribution is 2.13. The maximum atomic E-state index is 4.69. The predicted octanol–water partition coefficient (Wildman–Crippen LogP) is 0.628. The fraction of sp³-hybridized carbons (Fsp3) is 0.455. The maximum absolute atomic E-state index is 4.69. The van der Waals surface area contributed by atoms with E-state index < -0.39 is 0 Å². The summed E-state index contributed by atoms with van der Waals surface area (Å²) in [6, 6.07) is 6.10. The predicted molar refractivity (Wildman–Crippen MR) is 60.0 cm³/mol. The summed E-state index contributed by atoms with van der Waals surface area (Å²) in [4.78, 5) is 2.44. The molecule has 2 aromatic rings. The highest BCUT2D eigenvalue weighted by Gasteiger charge is 2.10. The van der Waals surface area contributed by atoms with Crippen LogP contribution in [0.15, 0.2) is 22.8 Å². The number of piperazine rings is 1. The van der Waals surface area contributed by atoms with Crippen LogP contribution in [0, 0.1) is 0 Å². The summed E-state index contributed by atoms with van der Waals surface area (Å²) in [5.41, 5.74) is 2.93. The van der Waals surface area contributed by atoms with Crippen molar-refractivity contribution in [3.05, 3.63) is 23.8 Å². The van der Waals surface area contributed by atoms with Crippen molar-refractivity contribution >= 4 is 11.0 Å². The first-order chi connectivity index (χ1) is 7.92. The zero-order chi connectivity index (χ0) is 10.8. The average Bonchev–Trinajstić information content (AvgIpc) is 2.77. The first-order valence-electron chi connectivity index (χ1n) is 5.56. The van der Waals surface area contributed by atoms with E-state index in [1.165, 1.54) is 5.56 Å². The second kappa shape index (κ2) is 4.19. The fourth-order valence-electron chi connectivity index (χ4n) is 2.05. The molecule has 16 heavy (non-hydrogen) atoms. The molecule has 5 heteroatoms. The monoisotopic (exact) mass is 218 g/mol. The van der Waals surface area contributed by atoms with Gasteiger partial charge in [0.15, 0.2) is 0 Å². The van der Waals surface area contributed by atoms with Crippen LogP contribution in [0.4, 0.5) is 0 Å². The normalized spacial score (nSPS) is 18.0. The summed E-state index contributed by atoms with van der Waals surface area (Å²) < 4.78 is 4.69. The van der Waals surface area contributed by atoms with Crippen LogP contribution >= 0.6 is 0 Å². The molecule has 84 valence electrons. The highest BCUT2D eigenvalue weighted by atomic mass is 16.6. The van der Waals surface area contributed by atoms with E-state index in [2.05, 4.69) is 31.2 Å². The molecule has 1 aliphatic rings. The second-order valence-electron chi connectivity index (χ2n) is 4.11. The van der Waals surface area contributed by atoms with Gasteiger partial charge >= 0.3 is 0 Å². The Kier molecular flexibility index (Phi) is 2.55. The van der Waals surface area contributed by atoms with Crippen LogP contribution in [-0.2, 0) is 6.54 Å². The standard InChI is InChI=1S/C11H14N4O/c1-2-10-11(14-16-13-10)7-9(1)8-15-5-3-12-4-6-15/h1-2,7,12H,3-6,8H2. The molecule has 2 heterocycles. The Morgan fingerprint density at radius 2 is 2.00 bits per heavy atom. The first kappa shape index (κ1) is 9.74. The number of hydrogen-bond donors (Lipinski definition) is 1. The van der Waals surface area contributed by atoms with Crippen molar-refractivity contribution < 1.29 is 4.63 Å². The minimum absolute atomic E-state index is 0.823. The molecule has 1 fully saturated rings. The van der Waals surface area contributed by atoms with Crippen molar-refractivity contribution in [3.63, 3.8) is 0 Å². The lowest BCUT2D eigenvalue weighted by Crippen LogP contribution is -2.42. The summed E-state index contributed by atoms with van der Waals surface area (Å²) in [6.45, 7) is 5.34. The van der Waals surface area contributed by atoms with E-state index in [0.29, 0.717) is 0 Å². The molecule has 0 saturated carbocycles. The SMILES string of the molecule is c1cc2nonc2cc1CN1CCNCC1. The molecule has 0 spiro atoms. The Morgan fingerprint density at radius 3 is 2.88 bits per heavy atom. The number of hydrogen-bond acceptors (Lipinski definition) is 5. The van der Waals surface area contributed by atoms with E-state index in [9.17, 15) is 0 Å². The van der Waals surface area contributed by atoms with Gasteiger partial charge in [-0.1, -0.05) is 6.07 Å². The Hall–Kier alpha value is -1.46. The first-order valence-corrected chi connectivity index (χ1v) is 5.56. The van der Waals surface area contributed by atoms with Crippen LogP contribution < -0.4 is 5.32 Å². The minimum atomic E-state index is 0.823. The lowest BCUT2D eigenvalue weighted by Gasteiger charge is -2.27. The van der Waals surface area contributed by atoms with Crippen LogP contribution in [0.2, 0.25) is 0 Å². The number of nitrogens with zero attached hydrogens (tertiary/aromatic N) is 3. The van der Waals surface area contributed by atoms with Crippen molar-refractivity contribution in [1.29, 1.82) is 0 Å². The molecule has 3 rings (SSSR count). The van der Waals surface area contributed by atoms with Crippen LogP contribution in [0.25, 0.3) is 11.0 Å². The quantitative estimate of drug-likeness (QED) is 0.801. The van der Waals surface area contributed by atoms with Crippen LogP contribution in [-0.4, -0.2) is 41.4 Å². The van der Waals surface area contributed by atoms with Gasteiger partial charge in [0.1, 0.15) is 11.0 Å². The van der Waals surface area contributed by atoms with Gasteiger partial charge in [0.2, 0.25) is 0 Å². The smallest absolute Gasteiger partial charge is 0.135 e. The van der Waals surface area contributed by atoms with Crippen molar-refractivity contribution in [3.8, 4) is 0 Å². The summed E-state index contributed by atoms with van der Waals surface area (Å²) in [6.07, 6.45) is 0. The average molecular weight is 218 g/mol. The van der Waals surface area contributed by atoms with Crippen molar-refractivity contribution in [2.45, 2.75) is 6.54 Å². The summed E-state index contributed by atoms with van der Waals surface area (Å²) in [7, 11) is 0. The number of nitrogens with one attached hydrogen (secondary N) is 1. The number of fused-ring (bicyclic) bond motifs is 1. The molecule has 1 N–H and O–H groups in total. The van der Waals surface area contributed by atoms with E-state index in [0.717, 1.165) is 43.8 Å². The Labute approximate surface area is 93.4 Å². The highest BCUT2D eigenvalue weighted by molar-refractivity contribution is 5.73. The number of aromatic nitrogens is 2. The lowest BCUT2D eigenvalue weighted by molar-refractivity contribution is 0.233. The van der Waals surface area contributed by atoms with E-state index in [1.807, 2.05) is 12.1 Å². The van der Waals surface area contributed by atoms with Gasteiger partial charge < -0.3 is 5.32 Å². The number of benzene rings is 1. The van der Waals surface area contributed by atoms with E-state index >= 15 is 0 Å². The fourth-order valence-corrected chi connectivity index (χ4v) is 2.05. The van der Waals surface area contributed by atoms with E-state index in [-0.39, 0.29) is 0 Å². The number of rotatable bonds is 2. The zero-order valence-corrected chi connectivity index (χ0v) is 9.02. The lowest BCUT2D eigenvalue weighted by atomic mass is 10.2. The molecular weight excluding hydrogens is 204 g/mol. The van der Waals surface area contributed by atoms with Crippen molar-refractivity contribution in [2.75, 3.05) is 26.2 Å². The van der Waals surface area contributed by atoms with Gasteiger partial charge in [-0.15, -0.1) is 0 Å². The largest absolute Gasteiger partial charge is 0.314 e. The van der Waals surface area contributed by atoms with Gasteiger partial charge in [-0.3, -0.25) is 4.90 Å². The third-order valence-corrected chi connectivity index (χ3v) is 2.93. The molecule has 0 radical (unpaired) electrons. The van der Waals surface area contributed by atoms with Gasteiger partial charge in [0.05, 0.1) is 0 Å². The van der Waals surface area contributed by atoms with Gasteiger partial charge in [0.25, 0.3) is 0 Å². The minimum Gasteiger partial charge on any atom is -0.314 e. The van der Waals surface area contributed by atoms with Crippen LogP contribution in [0.1, 0.15) is 5.56 Å². The third kappa shape index (κ3) is 1.91. The van der Waals surface area contributed by atoms with Gasteiger partial charge in [-0.05, 0) is 28.0 Å². The Morgan fingerprint density at radius 1 is 1.19 bits per heavy atom. The molecule has 1 aliphatic heterocycles. The molecule has 1 aromatic heterocycles. The molecule has 0 amide bonds. The van der Waals surface area contributed by atoms with Crippen LogP contribution in [0.5, 0.6) is 0 Å². The molecule has 0 atom stereocenters. The second-order valence-corrected chi connectivity index (χ2v) is 4.11. The Balaban J connectivity index is 1.77. The van der Waals surface area contributed by atoms with Gasteiger partial charge in [0, 0.05) is 32.7 Å². The van der Waals surface area contributed by atoms with E-state index in [4.69, 9.17) is 0 Å². The summed E-state index contributed by atoms with van der Waals surface area (Å²) >= 11 is 0. The maximum Gasteiger partial charge on any atom is 0.135 e. The third-order valence-electron chi connectivity index (χ3n) is 2.93. The summed E-state index contributed by atoms with van der Waals surface area (Å²) in [5, 5.41) is 11.0. The van der Waals surface area contributed by atoms with Crippen LogP contribution in [0.3, 0.4) is 0 Å². The molecule has 1 aromatic carbocycles. The Bertz CT molecular complexity index is 476. The molecule has 0 aliphatic carbocycles. The molecule has 0 unspecified atom stereocenters. The molecular formula is C11H14N4O. The zero-order valence-electron chi connectivity index (χ0n) is 9.02. The molecule has 1 saturated heterocycles. The summed E-state index contributed by atoms with van der Waals surface area (Å²) in [5.74, 6) is 0. The van der Waals surface area contributed by atoms with Crippen molar-refractivity contribution in [1.82, 2.24) is 20.5 Å². The topological polar surface area (TPSA) is 54.2 Å². The molecule has 0 bridgehead atoms. The van der Waals surface area contributed by atoms with Crippen molar-refractivity contribution in [2.24, 2.45) is 0 Å². The molecule has 5 nitrogen and oxygen atoms in total. The van der Waals surface area contributed by atoms with Gasteiger partial charge in [-0.2, -0.15) is 0 Å². The van der Waals surface area contributed by atoms with E-state index in [1.54, 1.807) is 0 Å². The van der Waals surface area contributed by atoms with Gasteiger partial charge in [-0.25, -0.2) is 4.63 Å².